The smallest absolute Gasteiger partial charge is 0.276 e. The Bertz CT molecular complexity index is 742. The highest BCUT2D eigenvalue weighted by atomic mass is 127. The van der Waals surface area contributed by atoms with E-state index in [4.69, 9.17) is 4.74 Å². The first-order valence-electron chi connectivity index (χ1n) is 5.57. The lowest BCUT2D eigenvalue weighted by molar-refractivity contribution is -0.385. The summed E-state index contributed by atoms with van der Waals surface area (Å²) in [5.41, 5.74) is 0.916. The molecule has 20 heavy (non-hydrogen) atoms. The number of benzene rings is 1. The van der Waals surface area contributed by atoms with E-state index in [-0.39, 0.29) is 20.7 Å². The minimum atomic E-state index is -0.474. The zero-order chi connectivity index (χ0) is 14.9. The van der Waals surface area contributed by atoms with Gasteiger partial charge in [0.1, 0.15) is 9.32 Å². The van der Waals surface area contributed by atoms with E-state index >= 15 is 0 Å². The number of hydrogen-bond donors (Lipinski definition) is 1. The molecule has 0 aliphatic rings. The van der Waals surface area contributed by atoms with Crippen molar-refractivity contribution in [2.24, 2.45) is 0 Å². The van der Waals surface area contributed by atoms with Crippen LogP contribution in [0.4, 0.5) is 5.69 Å². The van der Waals surface area contributed by atoms with E-state index in [0.717, 1.165) is 5.56 Å². The first-order chi connectivity index (χ1) is 9.40. The monoisotopic (exact) mass is 387 g/mol. The lowest BCUT2D eigenvalue weighted by Crippen LogP contribution is -2.11. The van der Waals surface area contributed by atoms with E-state index in [1.54, 1.807) is 19.9 Å². The molecule has 0 bridgehead atoms. The Kier molecular flexibility index (Phi) is 4.02. The molecule has 104 valence electrons. The van der Waals surface area contributed by atoms with Crippen LogP contribution in [0.15, 0.2) is 23.3 Å². The van der Waals surface area contributed by atoms with Gasteiger partial charge in [0.2, 0.25) is 5.88 Å². The molecule has 0 atom stereocenters. The number of H-pyrrole nitrogens is 1. The van der Waals surface area contributed by atoms with Crippen LogP contribution in [-0.4, -0.2) is 14.9 Å². The topological polar surface area (TPSA) is 98.1 Å². The maximum absolute atomic E-state index is 11.5. The molecule has 1 aromatic heterocycles. The van der Waals surface area contributed by atoms with Crippen molar-refractivity contribution < 1.29 is 9.66 Å². The standard InChI is InChI=1S/C12H10IN3O4/c1-6-3-7(2)9(4-8(6)16(18)19)20-12-10(13)11(17)14-5-15-12/h3-5H,1-2H3,(H,14,15,17). The Morgan fingerprint density at radius 2 is 2.05 bits per heavy atom. The Labute approximate surface area is 127 Å². The van der Waals surface area contributed by atoms with Gasteiger partial charge in [0.15, 0.2) is 0 Å². The second-order valence-electron chi connectivity index (χ2n) is 4.11. The first-order valence-corrected chi connectivity index (χ1v) is 6.64. The average molecular weight is 387 g/mol. The maximum atomic E-state index is 11.5. The predicted octanol–water partition coefficient (Wildman–Crippen LogP) is 2.69. The Hall–Kier alpha value is -1.97. The average Bonchev–Trinajstić information content (AvgIpc) is 2.37. The number of aromatic nitrogens is 2. The number of aromatic amines is 1. The highest BCUT2D eigenvalue weighted by molar-refractivity contribution is 14.1. The van der Waals surface area contributed by atoms with Crippen LogP contribution in [0.25, 0.3) is 0 Å². The Morgan fingerprint density at radius 3 is 2.70 bits per heavy atom. The molecule has 1 N–H and O–H groups in total. The molecular formula is C12H10IN3O4. The van der Waals surface area contributed by atoms with Crippen molar-refractivity contribution in [2.75, 3.05) is 0 Å². The van der Waals surface area contributed by atoms with E-state index in [1.807, 2.05) is 22.6 Å². The molecule has 2 aromatic rings. The molecule has 0 aliphatic carbocycles. The molecule has 7 nitrogen and oxygen atoms in total. The predicted molar refractivity (Wildman–Crippen MR) is 80.2 cm³/mol. The van der Waals surface area contributed by atoms with Gasteiger partial charge in [-0.25, -0.2) is 4.98 Å². The SMILES string of the molecule is Cc1cc(C)c([N+](=O)[O-])cc1Oc1nc[nH]c(=O)c1I. The lowest BCUT2D eigenvalue weighted by Gasteiger charge is -2.09. The fourth-order valence-electron chi connectivity index (χ4n) is 1.67. The van der Waals surface area contributed by atoms with Crippen LogP contribution in [0.2, 0.25) is 0 Å². The fourth-order valence-corrected chi connectivity index (χ4v) is 2.08. The van der Waals surface area contributed by atoms with Crippen LogP contribution < -0.4 is 10.3 Å². The molecule has 0 fully saturated rings. The largest absolute Gasteiger partial charge is 0.437 e. The van der Waals surface area contributed by atoms with Crippen molar-refractivity contribution in [1.29, 1.82) is 0 Å². The van der Waals surface area contributed by atoms with Crippen molar-refractivity contribution in [3.63, 3.8) is 0 Å². The molecule has 0 amide bonds. The quantitative estimate of drug-likeness (QED) is 0.496. The second-order valence-corrected chi connectivity index (χ2v) is 5.19. The van der Waals surface area contributed by atoms with E-state index in [9.17, 15) is 14.9 Å². The molecule has 0 unspecified atom stereocenters. The number of nitro benzene ring substituents is 1. The minimum absolute atomic E-state index is 0.0366. The Morgan fingerprint density at radius 1 is 1.35 bits per heavy atom. The number of ether oxygens (including phenoxy) is 1. The second kappa shape index (κ2) is 5.57. The summed E-state index contributed by atoms with van der Waals surface area (Å²) in [5.74, 6) is 0.425. The number of nitro groups is 1. The summed E-state index contributed by atoms with van der Waals surface area (Å²) in [7, 11) is 0. The van der Waals surface area contributed by atoms with Gasteiger partial charge in [-0.3, -0.25) is 14.9 Å². The molecular weight excluding hydrogens is 377 g/mol. The normalized spacial score (nSPS) is 10.3. The van der Waals surface area contributed by atoms with Gasteiger partial charge in [0.05, 0.1) is 17.3 Å². The van der Waals surface area contributed by atoms with Crippen LogP contribution in [-0.2, 0) is 0 Å². The van der Waals surface area contributed by atoms with E-state index in [0.29, 0.717) is 11.3 Å². The third-order valence-corrected chi connectivity index (χ3v) is 3.61. The maximum Gasteiger partial charge on any atom is 0.276 e. The molecule has 0 radical (unpaired) electrons. The van der Waals surface area contributed by atoms with Gasteiger partial charge in [-0.1, -0.05) is 0 Å². The van der Waals surface area contributed by atoms with E-state index < -0.39 is 4.92 Å². The van der Waals surface area contributed by atoms with E-state index in [2.05, 4.69) is 9.97 Å². The van der Waals surface area contributed by atoms with Gasteiger partial charge in [-0.2, -0.15) is 0 Å². The van der Waals surface area contributed by atoms with Gasteiger partial charge < -0.3 is 9.72 Å². The molecule has 0 saturated heterocycles. The third-order valence-electron chi connectivity index (χ3n) is 2.66. The van der Waals surface area contributed by atoms with Crippen molar-refractivity contribution in [3.8, 4) is 11.6 Å². The number of halogens is 1. The number of nitrogens with one attached hydrogen (secondary N) is 1. The van der Waals surface area contributed by atoms with Crippen molar-refractivity contribution in [1.82, 2.24) is 9.97 Å². The first kappa shape index (κ1) is 14.4. The van der Waals surface area contributed by atoms with Crippen molar-refractivity contribution >= 4 is 28.3 Å². The van der Waals surface area contributed by atoms with Crippen LogP contribution in [0.5, 0.6) is 11.6 Å². The summed E-state index contributed by atoms with van der Waals surface area (Å²) in [6, 6.07) is 3.00. The molecule has 1 aromatic carbocycles. The zero-order valence-corrected chi connectivity index (χ0v) is 12.8. The van der Waals surface area contributed by atoms with Gasteiger partial charge in [0, 0.05) is 5.56 Å². The third kappa shape index (κ3) is 2.79. The van der Waals surface area contributed by atoms with Gasteiger partial charge in [-0.05, 0) is 48.1 Å². The van der Waals surface area contributed by atoms with Gasteiger partial charge >= 0.3 is 0 Å². The summed E-state index contributed by atoms with van der Waals surface area (Å²) in [5, 5.41) is 10.9. The molecule has 8 heteroatoms. The van der Waals surface area contributed by atoms with E-state index in [1.165, 1.54) is 12.4 Å². The number of aryl methyl sites for hydroxylation is 2. The van der Waals surface area contributed by atoms with Crippen LogP contribution in [0.1, 0.15) is 11.1 Å². The molecule has 0 spiro atoms. The number of nitrogens with zero attached hydrogens (tertiary/aromatic N) is 2. The van der Waals surface area contributed by atoms with Crippen LogP contribution >= 0.6 is 22.6 Å². The highest BCUT2D eigenvalue weighted by Crippen LogP contribution is 2.31. The van der Waals surface area contributed by atoms with Crippen LogP contribution in [0.3, 0.4) is 0 Å². The van der Waals surface area contributed by atoms with Gasteiger partial charge in [-0.15, -0.1) is 0 Å². The molecule has 0 aliphatic heterocycles. The van der Waals surface area contributed by atoms with Crippen LogP contribution in [0, 0.1) is 27.5 Å². The zero-order valence-electron chi connectivity index (χ0n) is 10.6. The van der Waals surface area contributed by atoms with Gasteiger partial charge in [0.25, 0.3) is 11.2 Å². The summed E-state index contributed by atoms with van der Waals surface area (Å²) in [6.07, 6.45) is 1.22. The number of rotatable bonds is 3. The summed E-state index contributed by atoms with van der Waals surface area (Å²) < 4.78 is 5.81. The molecule has 0 saturated carbocycles. The van der Waals surface area contributed by atoms with Crippen molar-refractivity contribution in [3.05, 3.63) is 53.6 Å². The number of hydrogen-bond acceptors (Lipinski definition) is 5. The lowest BCUT2D eigenvalue weighted by atomic mass is 10.1. The minimum Gasteiger partial charge on any atom is -0.437 e. The summed E-state index contributed by atoms with van der Waals surface area (Å²) >= 11 is 1.81. The molecule has 2 rings (SSSR count). The summed E-state index contributed by atoms with van der Waals surface area (Å²) in [6.45, 7) is 3.43. The molecule has 1 heterocycles. The van der Waals surface area contributed by atoms with Crippen molar-refractivity contribution in [2.45, 2.75) is 13.8 Å². The fraction of sp³-hybridized carbons (Fsp3) is 0.167. The Balaban J connectivity index is 2.48. The summed E-state index contributed by atoms with van der Waals surface area (Å²) in [4.78, 5) is 28.2. The highest BCUT2D eigenvalue weighted by Gasteiger charge is 2.16.